The van der Waals surface area contributed by atoms with Crippen molar-refractivity contribution < 1.29 is 13.2 Å². The van der Waals surface area contributed by atoms with Crippen molar-refractivity contribution in [3.05, 3.63) is 59.1 Å². The first-order valence-corrected chi connectivity index (χ1v) is 9.76. The zero-order valence-corrected chi connectivity index (χ0v) is 15.0. The molecule has 0 N–H and O–H groups in total. The van der Waals surface area contributed by atoms with E-state index in [1.54, 1.807) is 18.2 Å². The highest BCUT2D eigenvalue weighted by Gasteiger charge is 2.31. The van der Waals surface area contributed by atoms with Crippen molar-refractivity contribution in [2.45, 2.75) is 23.8 Å². The van der Waals surface area contributed by atoms with E-state index in [0.717, 1.165) is 23.1 Å². The molecule has 1 fully saturated rings. The highest BCUT2D eigenvalue weighted by Crippen LogP contribution is 2.25. The number of rotatable bonds is 4. The van der Waals surface area contributed by atoms with Gasteiger partial charge in [0, 0.05) is 11.0 Å². The van der Waals surface area contributed by atoms with Gasteiger partial charge in [0.15, 0.2) is 0 Å². The number of para-hydroxylation sites is 1. The van der Waals surface area contributed by atoms with Gasteiger partial charge in [0.2, 0.25) is 10.0 Å². The van der Waals surface area contributed by atoms with Crippen LogP contribution in [0.1, 0.15) is 12.8 Å². The van der Waals surface area contributed by atoms with Crippen molar-refractivity contribution in [2.75, 3.05) is 13.1 Å². The van der Waals surface area contributed by atoms with E-state index in [-0.39, 0.29) is 6.10 Å². The molecule has 0 amide bonds. The number of sulfonamides is 1. The lowest BCUT2D eigenvalue weighted by Crippen LogP contribution is -2.44. The third-order valence-corrected chi connectivity index (χ3v) is 6.18. The average molecular weight is 396 g/mol. The average Bonchev–Trinajstić information content (AvgIpc) is 2.56. The Hall–Kier alpha value is -1.37. The van der Waals surface area contributed by atoms with Gasteiger partial charge in [-0.2, -0.15) is 4.31 Å². The molecule has 1 heterocycles. The fourth-order valence-electron chi connectivity index (χ4n) is 2.69. The van der Waals surface area contributed by atoms with Crippen LogP contribution in [0.3, 0.4) is 0 Å². The second-order valence-electron chi connectivity index (χ2n) is 5.52. The Morgan fingerprint density at radius 2 is 1.87 bits per heavy atom. The largest absolute Gasteiger partial charge is 0.489 e. The number of nitrogens with zero attached hydrogens (tertiary/aromatic N) is 1. The van der Waals surface area contributed by atoms with E-state index >= 15 is 0 Å². The van der Waals surface area contributed by atoms with Gasteiger partial charge in [-0.25, -0.2) is 8.42 Å². The van der Waals surface area contributed by atoms with Crippen LogP contribution in [0.15, 0.2) is 64.0 Å². The number of piperidine rings is 1. The van der Waals surface area contributed by atoms with Crippen LogP contribution in [0.25, 0.3) is 0 Å². The maximum absolute atomic E-state index is 12.8. The van der Waals surface area contributed by atoms with Crippen LogP contribution in [0.5, 0.6) is 5.75 Å². The summed E-state index contributed by atoms with van der Waals surface area (Å²) >= 11 is 3.33. The molecule has 3 rings (SSSR count). The van der Waals surface area contributed by atoms with Gasteiger partial charge in [-0.15, -0.1) is 0 Å². The highest BCUT2D eigenvalue weighted by molar-refractivity contribution is 9.10. The number of benzene rings is 2. The summed E-state index contributed by atoms with van der Waals surface area (Å²) in [5.74, 6) is 0.777. The summed E-state index contributed by atoms with van der Waals surface area (Å²) in [6.45, 7) is 0.910. The summed E-state index contributed by atoms with van der Waals surface area (Å²) in [7, 11) is -3.49. The third kappa shape index (κ3) is 3.94. The first-order chi connectivity index (χ1) is 11.1. The predicted octanol–water partition coefficient (Wildman–Crippen LogP) is 3.68. The Labute approximate surface area is 145 Å². The van der Waals surface area contributed by atoms with E-state index < -0.39 is 10.0 Å². The minimum Gasteiger partial charge on any atom is -0.489 e. The van der Waals surface area contributed by atoms with E-state index in [4.69, 9.17) is 4.74 Å². The molecular weight excluding hydrogens is 378 g/mol. The van der Waals surface area contributed by atoms with Crippen molar-refractivity contribution in [1.29, 1.82) is 0 Å². The van der Waals surface area contributed by atoms with Gasteiger partial charge in [0.05, 0.1) is 11.4 Å². The van der Waals surface area contributed by atoms with Gasteiger partial charge < -0.3 is 4.74 Å². The topological polar surface area (TPSA) is 46.6 Å². The van der Waals surface area contributed by atoms with Crippen LogP contribution in [-0.2, 0) is 10.0 Å². The van der Waals surface area contributed by atoms with Gasteiger partial charge in [-0.05, 0) is 43.2 Å². The molecule has 23 heavy (non-hydrogen) atoms. The van der Waals surface area contributed by atoms with Crippen molar-refractivity contribution >= 4 is 26.0 Å². The minimum absolute atomic E-state index is 0.118. The predicted molar refractivity (Wildman–Crippen MR) is 93.0 cm³/mol. The maximum atomic E-state index is 12.8. The molecule has 1 atom stereocenters. The van der Waals surface area contributed by atoms with E-state index in [2.05, 4.69) is 15.9 Å². The van der Waals surface area contributed by atoms with E-state index in [9.17, 15) is 8.42 Å². The zero-order chi connectivity index (χ0) is 16.3. The second kappa shape index (κ2) is 7.03. The van der Waals surface area contributed by atoms with Crippen LogP contribution in [0.4, 0.5) is 0 Å². The van der Waals surface area contributed by atoms with Gasteiger partial charge >= 0.3 is 0 Å². The summed E-state index contributed by atoms with van der Waals surface area (Å²) in [6.07, 6.45) is 1.54. The molecular formula is C17H18BrNO3S. The van der Waals surface area contributed by atoms with Crippen molar-refractivity contribution in [1.82, 2.24) is 4.31 Å². The zero-order valence-electron chi connectivity index (χ0n) is 12.6. The molecule has 2 aromatic carbocycles. The molecule has 0 saturated carbocycles. The van der Waals surface area contributed by atoms with Gasteiger partial charge in [-0.1, -0.05) is 40.2 Å². The SMILES string of the molecule is O=S(=O)(c1cccc(Br)c1)N1CCCC(Oc2ccccc2)C1. The third-order valence-electron chi connectivity index (χ3n) is 3.82. The van der Waals surface area contributed by atoms with Crippen LogP contribution < -0.4 is 4.74 Å². The molecule has 0 bridgehead atoms. The summed E-state index contributed by atoms with van der Waals surface area (Å²) in [5.41, 5.74) is 0. The molecule has 1 aliphatic heterocycles. The Balaban J connectivity index is 1.75. The number of halogens is 1. The fourth-order valence-corrected chi connectivity index (χ4v) is 4.79. The van der Waals surface area contributed by atoms with Crippen LogP contribution >= 0.6 is 15.9 Å². The second-order valence-corrected chi connectivity index (χ2v) is 8.37. The molecule has 6 heteroatoms. The molecule has 122 valence electrons. The Bertz CT molecular complexity index is 764. The Morgan fingerprint density at radius 3 is 2.61 bits per heavy atom. The summed E-state index contributed by atoms with van der Waals surface area (Å²) in [4.78, 5) is 0.312. The first kappa shape index (κ1) is 16.5. The number of ether oxygens (including phenoxy) is 1. The summed E-state index contributed by atoms with van der Waals surface area (Å²) < 4.78 is 33.8. The van der Waals surface area contributed by atoms with Crippen LogP contribution in [0.2, 0.25) is 0 Å². The van der Waals surface area contributed by atoms with Gasteiger partial charge in [-0.3, -0.25) is 0 Å². The molecule has 0 spiro atoms. The van der Waals surface area contributed by atoms with Crippen LogP contribution in [0, 0.1) is 0 Å². The summed E-state index contributed by atoms with van der Waals surface area (Å²) in [6, 6.07) is 16.3. The number of hydrogen-bond donors (Lipinski definition) is 0. The quantitative estimate of drug-likeness (QED) is 0.792. The van der Waals surface area contributed by atoms with Crippen molar-refractivity contribution in [3.63, 3.8) is 0 Å². The lowest BCUT2D eigenvalue weighted by Gasteiger charge is -2.32. The van der Waals surface area contributed by atoms with Crippen LogP contribution in [-0.4, -0.2) is 31.9 Å². The van der Waals surface area contributed by atoms with Gasteiger partial charge in [0.1, 0.15) is 11.9 Å². The standard InChI is InChI=1S/C17H18BrNO3S/c18-14-6-4-10-17(12-14)23(20,21)19-11-5-9-16(13-19)22-15-7-2-1-3-8-15/h1-4,6-8,10,12,16H,5,9,11,13H2. The monoisotopic (exact) mass is 395 g/mol. The molecule has 1 aliphatic rings. The van der Waals surface area contributed by atoms with E-state index in [1.807, 2.05) is 36.4 Å². The molecule has 0 aliphatic carbocycles. The lowest BCUT2D eigenvalue weighted by molar-refractivity contribution is 0.130. The highest BCUT2D eigenvalue weighted by atomic mass is 79.9. The summed E-state index contributed by atoms with van der Waals surface area (Å²) in [5, 5.41) is 0. The molecule has 0 radical (unpaired) electrons. The smallest absolute Gasteiger partial charge is 0.243 e. The van der Waals surface area contributed by atoms with Crippen molar-refractivity contribution in [3.8, 4) is 5.75 Å². The number of hydrogen-bond acceptors (Lipinski definition) is 3. The van der Waals surface area contributed by atoms with Crippen molar-refractivity contribution in [2.24, 2.45) is 0 Å². The lowest BCUT2D eigenvalue weighted by atomic mass is 10.1. The molecule has 0 aromatic heterocycles. The maximum Gasteiger partial charge on any atom is 0.243 e. The normalized spacial score (nSPS) is 19.4. The Kier molecular flexibility index (Phi) is 5.04. The van der Waals surface area contributed by atoms with Gasteiger partial charge in [0.25, 0.3) is 0 Å². The minimum atomic E-state index is -3.49. The first-order valence-electron chi connectivity index (χ1n) is 7.53. The van der Waals surface area contributed by atoms with E-state index in [0.29, 0.717) is 18.0 Å². The van der Waals surface area contributed by atoms with E-state index in [1.165, 1.54) is 4.31 Å². The molecule has 1 saturated heterocycles. The molecule has 2 aromatic rings. The molecule has 1 unspecified atom stereocenters. The molecule has 4 nitrogen and oxygen atoms in total. The fraction of sp³-hybridized carbons (Fsp3) is 0.294. The Morgan fingerprint density at radius 1 is 1.09 bits per heavy atom.